The van der Waals surface area contributed by atoms with E-state index in [4.69, 9.17) is 15.7 Å². The van der Waals surface area contributed by atoms with Crippen LogP contribution in [-0.2, 0) is 0 Å². The molecule has 0 saturated heterocycles. The largest absolute Gasteiger partial charge is 0.497 e. The first kappa shape index (κ1) is 14.6. The van der Waals surface area contributed by atoms with Crippen LogP contribution in [0.3, 0.4) is 0 Å². The molecule has 6 heteroatoms. The lowest BCUT2D eigenvalue weighted by molar-refractivity contribution is 0.318. The highest BCUT2D eigenvalue weighted by Crippen LogP contribution is 2.28. The number of oxime groups is 1. The molecule has 2 aromatic rings. The van der Waals surface area contributed by atoms with E-state index in [9.17, 15) is 0 Å². The number of anilines is 2. The summed E-state index contributed by atoms with van der Waals surface area (Å²) < 4.78 is 5.23. The Bertz CT molecular complexity index is 670. The van der Waals surface area contributed by atoms with Crippen LogP contribution in [0.4, 0.5) is 11.5 Å². The van der Waals surface area contributed by atoms with Gasteiger partial charge in [-0.3, -0.25) is 0 Å². The van der Waals surface area contributed by atoms with E-state index < -0.39 is 0 Å². The van der Waals surface area contributed by atoms with Gasteiger partial charge in [-0.1, -0.05) is 11.2 Å². The SMILES string of the molecule is COc1cccc(N(C)c2nc(C)ccc2C(N)=NO)c1. The first-order valence-corrected chi connectivity index (χ1v) is 6.40. The Morgan fingerprint density at radius 2 is 2.10 bits per heavy atom. The van der Waals surface area contributed by atoms with Gasteiger partial charge in [0, 0.05) is 24.5 Å². The summed E-state index contributed by atoms with van der Waals surface area (Å²) >= 11 is 0. The van der Waals surface area contributed by atoms with E-state index in [2.05, 4.69) is 10.1 Å². The third-order valence-corrected chi connectivity index (χ3v) is 3.16. The van der Waals surface area contributed by atoms with Gasteiger partial charge in [0.2, 0.25) is 0 Å². The summed E-state index contributed by atoms with van der Waals surface area (Å²) in [6.07, 6.45) is 0. The standard InChI is InChI=1S/C15H18N4O2/c1-10-7-8-13(14(16)18-20)15(17-10)19(2)11-5-4-6-12(9-11)21-3/h4-9,20H,1-3H3,(H2,16,18). The molecule has 1 aromatic carbocycles. The van der Waals surface area contributed by atoms with Crippen molar-refractivity contribution in [3.63, 3.8) is 0 Å². The van der Waals surface area contributed by atoms with E-state index in [0.717, 1.165) is 17.1 Å². The van der Waals surface area contributed by atoms with Crippen LogP contribution in [0, 0.1) is 6.92 Å². The molecule has 6 nitrogen and oxygen atoms in total. The third-order valence-electron chi connectivity index (χ3n) is 3.16. The minimum absolute atomic E-state index is 0.0206. The molecular weight excluding hydrogens is 268 g/mol. The average molecular weight is 286 g/mol. The summed E-state index contributed by atoms with van der Waals surface area (Å²) in [7, 11) is 3.48. The van der Waals surface area contributed by atoms with Crippen LogP contribution < -0.4 is 15.4 Å². The molecule has 110 valence electrons. The van der Waals surface area contributed by atoms with Crippen molar-refractivity contribution in [2.24, 2.45) is 10.9 Å². The van der Waals surface area contributed by atoms with Gasteiger partial charge in [-0.25, -0.2) is 4.98 Å². The molecule has 0 saturated carbocycles. The van der Waals surface area contributed by atoms with Crippen LogP contribution in [0.2, 0.25) is 0 Å². The number of aryl methyl sites for hydroxylation is 1. The number of ether oxygens (including phenoxy) is 1. The molecule has 2 rings (SSSR count). The summed E-state index contributed by atoms with van der Waals surface area (Å²) in [5, 5.41) is 12.0. The molecule has 0 spiro atoms. The molecule has 0 fully saturated rings. The molecule has 0 radical (unpaired) electrons. The lowest BCUT2D eigenvalue weighted by Crippen LogP contribution is -2.21. The van der Waals surface area contributed by atoms with E-state index >= 15 is 0 Å². The van der Waals surface area contributed by atoms with Gasteiger partial charge in [-0.2, -0.15) is 0 Å². The summed E-state index contributed by atoms with van der Waals surface area (Å²) in [6, 6.07) is 11.2. The van der Waals surface area contributed by atoms with Crippen LogP contribution in [0.1, 0.15) is 11.3 Å². The lowest BCUT2D eigenvalue weighted by atomic mass is 10.2. The van der Waals surface area contributed by atoms with Crippen molar-refractivity contribution in [3.8, 4) is 5.75 Å². The molecule has 0 atom stereocenters. The summed E-state index contributed by atoms with van der Waals surface area (Å²) in [5.74, 6) is 1.38. The Labute approximate surface area is 123 Å². The van der Waals surface area contributed by atoms with E-state index in [1.165, 1.54) is 0 Å². The number of amidine groups is 1. The van der Waals surface area contributed by atoms with Crippen molar-refractivity contribution in [3.05, 3.63) is 47.7 Å². The van der Waals surface area contributed by atoms with E-state index in [-0.39, 0.29) is 5.84 Å². The number of nitrogens with zero attached hydrogens (tertiary/aromatic N) is 3. The van der Waals surface area contributed by atoms with Crippen LogP contribution in [-0.4, -0.2) is 30.2 Å². The Kier molecular flexibility index (Phi) is 4.27. The van der Waals surface area contributed by atoms with Crippen molar-refractivity contribution in [2.45, 2.75) is 6.92 Å². The summed E-state index contributed by atoms with van der Waals surface area (Å²) in [4.78, 5) is 6.35. The maximum atomic E-state index is 8.91. The fourth-order valence-corrected chi connectivity index (χ4v) is 1.99. The highest BCUT2D eigenvalue weighted by atomic mass is 16.5. The molecule has 0 amide bonds. The Hall–Kier alpha value is -2.76. The number of rotatable bonds is 4. The van der Waals surface area contributed by atoms with Crippen LogP contribution in [0.15, 0.2) is 41.6 Å². The number of benzene rings is 1. The molecule has 0 unspecified atom stereocenters. The van der Waals surface area contributed by atoms with E-state index in [1.807, 2.05) is 49.2 Å². The van der Waals surface area contributed by atoms with Gasteiger partial charge in [-0.15, -0.1) is 0 Å². The van der Waals surface area contributed by atoms with Gasteiger partial charge in [-0.05, 0) is 31.2 Å². The number of hydrogen-bond donors (Lipinski definition) is 2. The highest BCUT2D eigenvalue weighted by Gasteiger charge is 2.15. The lowest BCUT2D eigenvalue weighted by Gasteiger charge is -2.21. The van der Waals surface area contributed by atoms with E-state index in [1.54, 1.807) is 13.2 Å². The second kappa shape index (κ2) is 6.13. The molecule has 3 N–H and O–H groups in total. The van der Waals surface area contributed by atoms with Crippen LogP contribution in [0.5, 0.6) is 5.75 Å². The van der Waals surface area contributed by atoms with Crippen molar-refractivity contribution in [1.82, 2.24) is 4.98 Å². The molecule has 0 aliphatic carbocycles. The normalized spacial score (nSPS) is 11.3. The first-order chi connectivity index (χ1) is 10.1. The first-order valence-electron chi connectivity index (χ1n) is 6.40. The van der Waals surface area contributed by atoms with E-state index in [0.29, 0.717) is 11.4 Å². The quantitative estimate of drug-likeness (QED) is 0.390. The Balaban J connectivity index is 2.51. The average Bonchev–Trinajstić information content (AvgIpc) is 2.53. The number of nitrogens with two attached hydrogens (primary N) is 1. The van der Waals surface area contributed by atoms with Crippen molar-refractivity contribution in [1.29, 1.82) is 0 Å². The summed E-state index contributed by atoms with van der Waals surface area (Å²) in [6.45, 7) is 1.89. The second-order valence-corrected chi connectivity index (χ2v) is 4.57. The smallest absolute Gasteiger partial charge is 0.173 e. The fraction of sp³-hybridized carbons (Fsp3) is 0.200. The van der Waals surface area contributed by atoms with Gasteiger partial charge in [0.15, 0.2) is 5.84 Å². The predicted octanol–water partition coefficient (Wildman–Crippen LogP) is 2.26. The topological polar surface area (TPSA) is 84.0 Å². The third kappa shape index (κ3) is 3.05. The van der Waals surface area contributed by atoms with Gasteiger partial charge in [0.05, 0.1) is 12.7 Å². The van der Waals surface area contributed by atoms with Gasteiger partial charge in [0.1, 0.15) is 11.6 Å². The van der Waals surface area contributed by atoms with Crippen LogP contribution in [0.25, 0.3) is 0 Å². The number of pyridine rings is 1. The van der Waals surface area contributed by atoms with Crippen molar-refractivity contribution in [2.75, 3.05) is 19.1 Å². The van der Waals surface area contributed by atoms with Crippen LogP contribution >= 0.6 is 0 Å². The molecule has 0 aliphatic rings. The van der Waals surface area contributed by atoms with Gasteiger partial charge >= 0.3 is 0 Å². The monoisotopic (exact) mass is 286 g/mol. The maximum absolute atomic E-state index is 8.91. The Morgan fingerprint density at radius 1 is 1.33 bits per heavy atom. The number of hydrogen-bond acceptors (Lipinski definition) is 5. The molecule has 1 heterocycles. The second-order valence-electron chi connectivity index (χ2n) is 4.57. The van der Waals surface area contributed by atoms with Gasteiger partial charge < -0.3 is 20.6 Å². The minimum Gasteiger partial charge on any atom is -0.497 e. The van der Waals surface area contributed by atoms with Crippen molar-refractivity contribution >= 4 is 17.3 Å². The molecule has 21 heavy (non-hydrogen) atoms. The zero-order chi connectivity index (χ0) is 15.4. The highest BCUT2D eigenvalue weighted by molar-refractivity contribution is 6.02. The predicted molar refractivity (Wildman–Crippen MR) is 82.5 cm³/mol. The minimum atomic E-state index is 0.0206. The number of methoxy groups -OCH3 is 1. The molecule has 0 bridgehead atoms. The molecule has 0 aliphatic heterocycles. The molecule has 1 aromatic heterocycles. The zero-order valence-electron chi connectivity index (χ0n) is 12.2. The van der Waals surface area contributed by atoms with Crippen molar-refractivity contribution < 1.29 is 9.94 Å². The fourth-order valence-electron chi connectivity index (χ4n) is 1.99. The van der Waals surface area contributed by atoms with Gasteiger partial charge in [0.25, 0.3) is 0 Å². The summed E-state index contributed by atoms with van der Waals surface area (Å²) in [5.41, 5.74) is 8.02. The zero-order valence-corrected chi connectivity index (χ0v) is 12.2. The maximum Gasteiger partial charge on any atom is 0.173 e. The Morgan fingerprint density at radius 3 is 2.76 bits per heavy atom. The number of aromatic nitrogens is 1. The molecular formula is C15H18N4O2.